The molecule has 1 saturated heterocycles. The number of hydrogen-bond acceptors (Lipinski definition) is 4. The summed E-state index contributed by atoms with van der Waals surface area (Å²) in [5.41, 5.74) is 0.889. The maximum atomic E-state index is 14.5. The Balaban J connectivity index is 1.81. The predicted octanol–water partition coefficient (Wildman–Crippen LogP) is 2.98. The number of sulfonamides is 1. The molecule has 1 fully saturated rings. The molecule has 0 saturated carbocycles. The number of rotatable bonds is 3. The number of H-pyrrole nitrogens is 1. The van der Waals surface area contributed by atoms with Gasteiger partial charge >= 0.3 is 6.18 Å². The van der Waals surface area contributed by atoms with Crippen LogP contribution in [0.2, 0.25) is 0 Å². The van der Waals surface area contributed by atoms with Crippen LogP contribution in [0.5, 0.6) is 0 Å². The van der Waals surface area contributed by atoms with E-state index in [1.165, 1.54) is 23.1 Å². The Bertz CT molecular complexity index is 1200. The normalized spacial score (nSPS) is 18.8. The van der Waals surface area contributed by atoms with E-state index in [4.69, 9.17) is 0 Å². The van der Waals surface area contributed by atoms with Gasteiger partial charge in [0.1, 0.15) is 17.2 Å². The van der Waals surface area contributed by atoms with Gasteiger partial charge in [0.15, 0.2) is 5.82 Å². The summed E-state index contributed by atoms with van der Waals surface area (Å²) >= 11 is 0. The third-order valence-corrected chi connectivity index (χ3v) is 6.88. The molecule has 1 aliphatic heterocycles. The molecular formula is C17H17F4N5O2S. The monoisotopic (exact) mass is 431 g/mol. The number of alkyl halides is 3. The summed E-state index contributed by atoms with van der Waals surface area (Å²) in [6.07, 6.45) is -3.32. The minimum atomic E-state index is -4.47. The number of aromatic nitrogens is 4. The zero-order valence-corrected chi connectivity index (χ0v) is 16.3. The van der Waals surface area contributed by atoms with E-state index in [1.54, 1.807) is 14.0 Å². The molecule has 1 aliphatic rings. The quantitative estimate of drug-likeness (QED) is 0.647. The maximum absolute atomic E-state index is 14.5. The van der Waals surface area contributed by atoms with Crippen LogP contribution < -0.4 is 0 Å². The first-order chi connectivity index (χ1) is 13.5. The van der Waals surface area contributed by atoms with Crippen LogP contribution in [-0.2, 0) is 17.1 Å². The Hall–Kier alpha value is -2.47. The van der Waals surface area contributed by atoms with Crippen molar-refractivity contribution in [2.75, 3.05) is 13.1 Å². The lowest BCUT2D eigenvalue weighted by molar-refractivity contribution is -0.169. The molecule has 3 aromatic rings. The molecule has 0 bridgehead atoms. The molecule has 29 heavy (non-hydrogen) atoms. The first-order valence-electron chi connectivity index (χ1n) is 8.73. The highest BCUT2D eigenvalue weighted by Gasteiger charge is 2.46. The average molecular weight is 431 g/mol. The van der Waals surface area contributed by atoms with Crippen LogP contribution in [0.3, 0.4) is 0 Å². The number of nitrogens with one attached hydrogen (secondary N) is 1. The summed E-state index contributed by atoms with van der Waals surface area (Å²) in [6.45, 7) is 0.735. The second kappa shape index (κ2) is 6.52. The number of aromatic amines is 1. The zero-order chi connectivity index (χ0) is 21.1. The van der Waals surface area contributed by atoms with Crippen molar-refractivity contribution >= 4 is 20.9 Å². The number of halogens is 4. The summed E-state index contributed by atoms with van der Waals surface area (Å²) in [4.78, 5) is 6.67. The summed E-state index contributed by atoms with van der Waals surface area (Å²) in [5.74, 6) is -2.10. The van der Waals surface area contributed by atoms with Gasteiger partial charge in [-0.2, -0.15) is 22.6 Å². The van der Waals surface area contributed by atoms with Crippen LogP contribution in [-0.4, -0.2) is 51.7 Å². The topological polar surface area (TPSA) is 83.9 Å². The van der Waals surface area contributed by atoms with Crippen molar-refractivity contribution in [2.45, 2.75) is 24.5 Å². The predicted molar refractivity (Wildman–Crippen MR) is 95.9 cm³/mol. The smallest absolute Gasteiger partial charge is 0.342 e. The van der Waals surface area contributed by atoms with Gasteiger partial charge in [-0.15, -0.1) is 0 Å². The number of hydrogen-bond donors (Lipinski definition) is 1. The minimum Gasteiger partial charge on any atom is -0.342 e. The van der Waals surface area contributed by atoms with Crippen LogP contribution in [0.15, 0.2) is 23.5 Å². The lowest BCUT2D eigenvalue weighted by Crippen LogP contribution is -2.32. The molecule has 0 aliphatic carbocycles. The van der Waals surface area contributed by atoms with Gasteiger partial charge < -0.3 is 4.98 Å². The van der Waals surface area contributed by atoms with Crippen LogP contribution in [0.25, 0.3) is 22.3 Å². The molecule has 156 valence electrons. The van der Waals surface area contributed by atoms with E-state index in [9.17, 15) is 26.0 Å². The molecular weight excluding hydrogens is 414 g/mol. The standard InChI is InChI=1S/C17H17F4N5O2S/c1-9-5-12(18)15-11(14(9)16-22-8-25(2)24-16)6-13(23-15)29(27,28)26-4-3-10(7-26)17(19,20)21/h5-6,8,10,23H,3-4,7H2,1-2H3. The molecule has 2 aromatic heterocycles. The van der Waals surface area contributed by atoms with Gasteiger partial charge in [-0.25, -0.2) is 17.8 Å². The van der Waals surface area contributed by atoms with Crippen molar-refractivity contribution in [3.05, 3.63) is 29.8 Å². The highest BCUT2D eigenvalue weighted by molar-refractivity contribution is 7.89. The molecule has 0 spiro atoms. The van der Waals surface area contributed by atoms with E-state index in [1.807, 2.05) is 0 Å². The highest BCUT2D eigenvalue weighted by Crippen LogP contribution is 2.37. The van der Waals surface area contributed by atoms with Crippen molar-refractivity contribution in [1.29, 1.82) is 0 Å². The Morgan fingerprint density at radius 1 is 1.28 bits per heavy atom. The van der Waals surface area contributed by atoms with Crippen molar-refractivity contribution in [1.82, 2.24) is 24.1 Å². The number of aryl methyl sites for hydroxylation is 2. The minimum absolute atomic E-state index is 0.0665. The third kappa shape index (κ3) is 3.29. The van der Waals surface area contributed by atoms with E-state index in [2.05, 4.69) is 15.1 Å². The lowest BCUT2D eigenvalue weighted by atomic mass is 10.0. The fourth-order valence-corrected chi connectivity index (χ4v) is 5.10. The second-order valence-corrected chi connectivity index (χ2v) is 9.01. The van der Waals surface area contributed by atoms with Gasteiger partial charge in [0, 0.05) is 31.1 Å². The number of fused-ring (bicyclic) bond motifs is 1. The van der Waals surface area contributed by atoms with Crippen molar-refractivity contribution in [3.63, 3.8) is 0 Å². The summed E-state index contributed by atoms with van der Waals surface area (Å²) in [7, 11) is -2.60. The molecule has 0 amide bonds. The summed E-state index contributed by atoms with van der Waals surface area (Å²) in [6, 6.07) is 2.46. The molecule has 1 atom stereocenters. The van der Waals surface area contributed by atoms with Crippen LogP contribution in [0.4, 0.5) is 17.6 Å². The number of benzene rings is 1. The third-order valence-electron chi connectivity index (χ3n) is 5.09. The van der Waals surface area contributed by atoms with Crippen molar-refractivity contribution in [2.24, 2.45) is 13.0 Å². The van der Waals surface area contributed by atoms with Gasteiger partial charge in [-0.3, -0.25) is 4.68 Å². The van der Waals surface area contributed by atoms with E-state index < -0.39 is 34.5 Å². The molecule has 1 aromatic carbocycles. The SMILES string of the molecule is Cc1cc(F)c2[nH]c(S(=O)(=O)N3CCC(C(F)(F)F)C3)cc2c1-c1ncn(C)n1. The molecule has 3 heterocycles. The Morgan fingerprint density at radius 2 is 2.00 bits per heavy atom. The Kier molecular flexibility index (Phi) is 4.46. The highest BCUT2D eigenvalue weighted by atomic mass is 32.2. The first-order valence-corrected chi connectivity index (χ1v) is 10.2. The van der Waals surface area contributed by atoms with Crippen LogP contribution >= 0.6 is 0 Å². The molecule has 1 N–H and O–H groups in total. The van der Waals surface area contributed by atoms with E-state index in [-0.39, 0.29) is 34.7 Å². The molecule has 4 rings (SSSR count). The van der Waals surface area contributed by atoms with E-state index in [0.717, 1.165) is 4.31 Å². The van der Waals surface area contributed by atoms with Gasteiger partial charge in [0.2, 0.25) is 0 Å². The van der Waals surface area contributed by atoms with Crippen LogP contribution in [0.1, 0.15) is 12.0 Å². The summed E-state index contributed by atoms with van der Waals surface area (Å²) in [5, 5.41) is 4.08. The molecule has 1 unspecified atom stereocenters. The van der Waals surface area contributed by atoms with Crippen LogP contribution in [0, 0.1) is 18.7 Å². The zero-order valence-electron chi connectivity index (χ0n) is 15.5. The molecule has 7 nitrogen and oxygen atoms in total. The van der Waals surface area contributed by atoms with Crippen molar-refractivity contribution in [3.8, 4) is 11.4 Å². The molecule has 0 radical (unpaired) electrons. The Morgan fingerprint density at radius 3 is 2.59 bits per heavy atom. The van der Waals surface area contributed by atoms with E-state index in [0.29, 0.717) is 11.1 Å². The van der Waals surface area contributed by atoms with E-state index >= 15 is 0 Å². The van der Waals surface area contributed by atoms with Crippen molar-refractivity contribution < 1.29 is 26.0 Å². The Labute approximate surface area is 163 Å². The average Bonchev–Trinajstić information content (AvgIpc) is 3.32. The largest absolute Gasteiger partial charge is 0.393 e. The fourth-order valence-electron chi connectivity index (χ4n) is 3.60. The fraction of sp³-hybridized carbons (Fsp3) is 0.412. The van der Waals surface area contributed by atoms with Gasteiger partial charge in [-0.1, -0.05) is 0 Å². The number of nitrogens with zero attached hydrogens (tertiary/aromatic N) is 4. The first kappa shape index (κ1) is 19.8. The van der Waals surface area contributed by atoms with Gasteiger partial charge in [0.25, 0.3) is 10.0 Å². The maximum Gasteiger partial charge on any atom is 0.393 e. The molecule has 12 heteroatoms. The van der Waals surface area contributed by atoms with Gasteiger partial charge in [-0.05, 0) is 31.0 Å². The summed E-state index contributed by atoms with van der Waals surface area (Å²) < 4.78 is 81.3. The lowest BCUT2D eigenvalue weighted by Gasteiger charge is -2.17. The second-order valence-electron chi connectivity index (χ2n) is 7.10. The van der Waals surface area contributed by atoms with Gasteiger partial charge in [0.05, 0.1) is 11.4 Å².